The van der Waals surface area contributed by atoms with Gasteiger partial charge in [0.1, 0.15) is 0 Å². The van der Waals surface area contributed by atoms with Crippen LogP contribution in [0.2, 0.25) is 0 Å². The molecule has 0 heterocycles. The maximum absolute atomic E-state index is 5.61. The first-order valence-corrected chi connectivity index (χ1v) is 3.11. The molecule has 1 atom stereocenters. The predicted molar refractivity (Wildman–Crippen MR) is 47.0 cm³/mol. The molecule has 1 unspecified atom stereocenters. The minimum absolute atomic E-state index is 0. The average molecular weight is 211 g/mol. The van der Waals surface area contributed by atoms with Crippen molar-refractivity contribution in [2.45, 2.75) is 13.0 Å². The van der Waals surface area contributed by atoms with Gasteiger partial charge in [-0.1, -0.05) is 30.3 Å². The van der Waals surface area contributed by atoms with Crippen LogP contribution < -0.4 is 5.73 Å². The van der Waals surface area contributed by atoms with E-state index in [1.165, 1.54) is 5.56 Å². The molecule has 52 valence electrons. The largest absolute Gasteiger partial charge is 2.00 e. The van der Waals surface area contributed by atoms with E-state index in [4.69, 9.17) is 5.73 Å². The van der Waals surface area contributed by atoms with Crippen molar-refractivity contribution in [3.8, 4) is 0 Å². The molecule has 0 fully saturated rings. The second-order valence-electron chi connectivity index (χ2n) is 2.20. The zero-order valence-corrected chi connectivity index (χ0v) is 9.72. The Labute approximate surface area is 102 Å². The van der Waals surface area contributed by atoms with Gasteiger partial charge in [0.15, 0.2) is 0 Å². The van der Waals surface area contributed by atoms with Crippen LogP contribution in [0.25, 0.3) is 0 Å². The van der Waals surface area contributed by atoms with Gasteiger partial charge in [-0.3, -0.25) is 0 Å². The van der Waals surface area contributed by atoms with Gasteiger partial charge >= 0.3 is 45.5 Å². The molecule has 1 aromatic rings. The molecule has 10 heavy (non-hydrogen) atoms. The van der Waals surface area contributed by atoms with E-state index in [1.54, 1.807) is 0 Å². The monoisotopic (exact) mass is 211 g/mol. The number of hydrogen-bond donors (Lipinski definition) is 1. The van der Waals surface area contributed by atoms with Crippen LogP contribution >= 0.6 is 0 Å². The van der Waals surface area contributed by atoms with Crippen molar-refractivity contribution in [3.05, 3.63) is 35.9 Å². The second kappa shape index (κ2) is 5.33. The van der Waals surface area contributed by atoms with E-state index in [0.717, 1.165) is 0 Å². The van der Waals surface area contributed by atoms with Crippen LogP contribution in [0.4, 0.5) is 0 Å². The third kappa shape index (κ3) is 3.17. The Kier molecular flexibility index (Phi) is 5.68. The summed E-state index contributed by atoms with van der Waals surface area (Å²) in [6, 6.07) is 10.2. The van der Waals surface area contributed by atoms with Crippen molar-refractivity contribution in [1.82, 2.24) is 0 Å². The molecule has 1 nitrogen and oxygen atoms in total. The minimum Gasteiger partial charge on any atom is -1.00 e. The Morgan fingerprint density at radius 3 is 2.10 bits per heavy atom. The summed E-state index contributed by atoms with van der Waals surface area (Å²) in [7, 11) is 0. The average Bonchev–Trinajstić information content (AvgIpc) is 1.90. The van der Waals surface area contributed by atoms with Gasteiger partial charge in [-0.25, -0.2) is 0 Å². The number of rotatable bonds is 1. The smallest absolute Gasteiger partial charge is 1.00 e. The first-order valence-electron chi connectivity index (χ1n) is 3.11. The van der Waals surface area contributed by atoms with E-state index < -0.39 is 0 Å². The summed E-state index contributed by atoms with van der Waals surface area (Å²) in [6.45, 7) is 1.98. The molecule has 0 amide bonds. The Balaban J connectivity index is -0.000000270. The van der Waals surface area contributed by atoms with E-state index in [-0.39, 0.29) is 54.4 Å². The first-order chi connectivity index (χ1) is 4.30. The van der Waals surface area contributed by atoms with Gasteiger partial charge in [0.05, 0.1) is 0 Å². The van der Waals surface area contributed by atoms with Crippen molar-refractivity contribution in [2.24, 2.45) is 5.73 Å². The maximum Gasteiger partial charge on any atom is 2.00 e. The number of nitrogens with two attached hydrogens (primary N) is 1. The molecule has 2 N–H and O–H groups in total. The Hall–Kier alpha value is 0.661. The standard InChI is InChI=1S/C8H11N.Sr.2H/c1-7(9)8-5-3-2-4-6-8;;;/h2-7H,9H2,1H3;;;/q;+2;2*-1. The van der Waals surface area contributed by atoms with Crippen molar-refractivity contribution in [1.29, 1.82) is 0 Å². The number of benzene rings is 1. The van der Waals surface area contributed by atoms with Crippen LogP contribution in [-0.4, -0.2) is 45.5 Å². The first kappa shape index (κ1) is 10.7. The zero-order chi connectivity index (χ0) is 6.69. The van der Waals surface area contributed by atoms with E-state index in [0.29, 0.717) is 0 Å². The van der Waals surface area contributed by atoms with Crippen LogP contribution in [0.5, 0.6) is 0 Å². The summed E-state index contributed by atoms with van der Waals surface area (Å²) < 4.78 is 0. The quantitative estimate of drug-likeness (QED) is 0.700. The molecule has 0 aliphatic rings. The fourth-order valence-corrected chi connectivity index (χ4v) is 0.757. The molecular formula is C8H13NSr. The molecule has 0 saturated carbocycles. The van der Waals surface area contributed by atoms with Gasteiger partial charge in [0.2, 0.25) is 0 Å². The van der Waals surface area contributed by atoms with Gasteiger partial charge in [-0.2, -0.15) is 0 Å². The van der Waals surface area contributed by atoms with Gasteiger partial charge < -0.3 is 8.59 Å². The molecular weight excluding hydrogens is 198 g/mol. The second-order valence-corrected chi connectivity index (χ2v) is 2.20. The molecule has 0 saturated heterocycles. The molecule has 2 heteroatoms. The third-order valence-electron chi connectivity index (χ3n) is 1.33. The summed E-state index contributed by atoms with van der Waals surface area (Å²) in [5.74, 6) is 0. The van der Waals surface area contributed by atoms with Crippen LogP contribution in [0, 0.1) is 0 Å². The molecule has 0 aromatic heterocycles. The fraction of sp³-hybridized carbons (Fsp3) is 0.250. The van der Waals surface area contributed by atoms with Crippen LogP contribution in [0.3, 0.4) is 0 Å². The third-order valence-corrected chi connectivity index (χ3v) is 1.33. The van der Waals surface area contributed by atoms with Crippen LogP contribution in [-0.2, 0) is 0 Å². The van der Waals surface area contributed by atoms with Crippen molar-refractivity contribution >= 4 is 45.5 Å². The van der Waals surface area contributed by atoms with Gasteiger partial charge in [0.25, 0.3) is 0 Å². The normalized spacial score (nSPS) is 11.8. The summed E-state index contributed by atoms with van der Waals surface area (Å²) in [4.78, 5) is 0. The SMILES string of the molecule is CC(N)c1ccccc1.[H-].[H-].[Sr+2]. The van der Waals surface area contributed by atoms with Crippen LogP contribution in [0.15, 0.2) is 30.3 Å². The Morgan fingerprint density at radius 1 is 1.30 bits per heavy atom. The van der Waals surface area contributed by atoms with Gasteiger partial charge in [0, 0.05) is 6.04 Å². The molecule has 0 bridgehead atoms. The van der Waals surface area contributed by atoms with Crippen molar-refractivity contribution in [3.63, 3.8) is 0 Å². The maximum atomic E-state index is 5.61. The number of hydrogen-bond acceptors (Lipinski definition) is 1. The van der Waals surface area contributed by atoms with E-state index in [9.17, 15) is 0 Å². The minimum atomic E-state index is 0. The summed E-state index contributed by atoms with van der Waals surface area (Å²) in [5, 5.41) is 0. The zero-order valence-electron chi connectivity index (χ0n) is 8.25. The van der Waals surface area contributed by atoms with Crippen molar-refractivity contribution in [2.75, 3.05) is 0 Å². The molecule has 0 aliphatic carbocycles. The predicted octanol–water partition coefficient (Wildman–Crippen LogP) is 1.55. The van der Waals surface area contributed by atoms with Gasteiger partial charge in [-0.15, -0.1) is 0 Å². The van der Waals surface area contributed by atoms with E-state index in [2.05, 4.69) is 0 Å². The molecule has 1 rings (SSSR count). The summed E-state index contributed by atoms with van der Waals surface area (Å²) in [5.41, 5.74) is 6.81. The van der Waals surface area contributed by atoms with Crippen molar-refractivity contribution < 1.29 is 2.85 Å². The molecule has 0 radical (unpaired) electrons. The Morgan fingerprint density at radius 2 is 1.80 bits per heavy atom. The van der Waals surface area contributed by atoms with Crippen LogP contribution in [0.1, 0.15) is 21.4 Å². The molecule has 0 aliphatic heterocycles. The topological polar surface area (TPSA) is 26.0 Å². The molecule has 1 aromatic carbocycles. The summed E-state index contributed by atoms with van der Waals surface area (Å²) in [6.07, 6.45) is 0. The summed E-state index contributed by atoms with van der Waals surface area (Å²) >= 11 is 0. The fourth-order valence-electron chi connectivity index (χ4n) is 0.757. The molecule has 0 spiro atoms. The van der Waals surface area contributed by atoms with E-state index in [1.807, 2.05) is 37.3 Å². The van der Waals surface area contributed by atoms with Gasteiger partial charge in [-0.05, 0) is 12.5 Å². The van der Waals surface area contributed by atoms with E-state index >= 15 is 0 Å². The Bertz CT molecular complexity index is 180.